The fourth-order valence-corrected chi connectivity index (χ4v) is 2.68. The molecular formula is C12H20N4O2S. The fraction of sp³-hybridized carbons (Fsp3) is 0.500. The Hall–Kier alpha value is -1.76. The summed E-state index contributed by atoms with van der Waals surface area (Å²) in [5.74, 6) is -0.584. The molecule has 0 aliphatic heterocycles. The van der Waals surface area contributed by atoms with Gasteiger partial charge in [0, 0.05) is 20.1 Å². The predicted molar refractivity (Wildman–Crippen MR) is 78.9 cm³/mol. The molecule has 2 amide bonds. The van der Waals surface area contributed by atoms with Gasteiger partial charge in [0.15, 0.2) is 0 Å². The summed E-state index contributed by atoms with van der Waals surface area (Å²) >= 11 is 1.20. The lowest BCUT2D eigenvalue weighted by molar-refractivity contribution is 0.0963. The summed E-state index contributed by atoms with van der Waals surface area (Å²) < 4.78 is 0. The van der Waals surface area contributed by atoms with E-state index in [1.165, 1.54) is 25.4 Å². The van der Waals surface area contributed by atoms with E-state index in [9.17, 15) is 9.59 Å². The number of nitrogen functional groups attached to an aromatic ring is 1. The maximum absolute atomic E-state index is 11.9. The minimum atomic E-state index is -0.297. The van der Waals surface area contributed by atoms with Gasteiger partial charge in [0.25, 0.3) is 11.8 Å². The molecule has 1 atom stereocenters. The van der Waals surface area contributed by atoms with Gasteiger partial charge < -0.3 is 21.7 Å². The van der Waals surface area contributed by atoms with Crippen LogP contribution in [0, 0.1) is 0 Å². The summed E-state index contributed by atoms with van der Waals surface area (Å²) in [7, 11) is 3.06. The zero-order valence-corrected chi connectivity index (χ0v) is 12.4. The van der Waals surface area contributed by atoms with Gasteiger partial charge in [-0.3, -0.25) is 9.59 Å². The van der Waals surface area contributed by atoms with Crippen LogP contribution in [0.4, 0.5) is 10.7 Å². The first-order chi connectivity index (χ1) is 8.96. The summed E-state index contributed by atoms with van der Waals surface area (Å²) in [5, 5.41) is 8.90. The van der Waals surface area contributed by atoms with E-state index >= 15 is 0 Å². The Labute approximate surface area is 116 Å². The first-order valence-electron chi connectivity index (χ1n) is 6.09. The largest absolute Gasteiger partial charge is 0.397 e. The average molecular weight is 284 g/mol. The molecule has 7 heteroatoms. The second-order valence-corrected chi connectivity index (χ2v) is 5.18. The lowest BCUT2D eigenvalue weighted by Gasteiger charge is -2.12. The van der Waals surface area contributed by atoms with Gasteiger partial charge in [0.05, 0.1) is 11.3 Å². The molecule has 1 heterocycles. The molecule has 1 rings (SSSR count). The van der Waals surface area contributed by atoms with Gasteiger partial charge in [0.2, 0.25) is 0 Å². The van der Waals surface area contributed by atoms with Crippen LogP contribution in [0.2, 0.25) is 0 Å². The van der Waals surface area contributed by atoms with Crippen molar-refractivity contribution in [3.8, 4) is 0 Å². The summed E-state index contributed by atoms with van der Waals surface area (Å²) in [5.41, 5.74) is 6.48. The molecule has 1 unspecified atom stereocenters. The number of thiophene rings is 1. The minimum Gasteiger partial charge on any atom is -0.397 e. The Morgan fingerprint density at radius 2 is 1.84 bits per heavy atom. The van der Waals surface area contributed by atoms with E-state index in [4.69, 9.17) is 5.73 Å². The van der Waals surface area contributed by atoms with Crippen molar-refractivity contribution in [2.45, 2.75) is 26.3 Å². The SMILES string of the molecule is CCC(C)Nc1sc(C(=O)NC)c(N)c1C(=O)NC. The molecule has 0 spiro atoms. The zero-order chi connectivity index (χ0) is 14.6. The number of rotatable bonds is 5. The van der Waals surface area contributed by atoms with Crippen molar-refractivity contribution < 1.29 is 9.59 Å². The van der Waals surface area contributed by atoms with Crippen molar-refractivity contribution in [1.82, 2.24) is 10.6 Å². The molecule has 19 heavy (non-hydrogen) atoms. The lowest BCUT2D eigenvalue weighted by atomic mass is 10.2. The molecule has 0 bridgehead atoms. The highest BCUT2D eigenvalue weighted by atomic mass is 32.1. The van der Waals surface area contributed by atoms with Crippen LogP contribution >= 0.6 is 11.3 Å². The second-order valence-electron chi connectivity index (χ2n) is 4.16. The van der Waals surface area contributed by atoms with Crippen LogP contribution in [0.25, 0.3) is 0 Å². The molecule has 5 N–H and O–H groups in total. The Balaban J connectivity index is 3.27. The molecule has 0 aliphatic rings. The molecule has 6 nitrogen and oxygen atoms in total. The topological polar surface area (TPSA) is 96.2 Å². The minimum absolute atomic E-state index is 0.194. The van der Waals surface area contributed by atoms with Gasteiger partial charge in [0.1, 0.15) is 9.88 Å². The summed E-state index contributed by atoms with van der Waals surface area (Å²) in [6.45, 7) is 4.04. The predicted octanol–water partition coefficient (Wildman–Crippen LogP) is 1.26. The molecule has 0 radical (unpaired) electrons. The average Bonchev–Trinajstić information content (AvgIpc) is 2.73. The number of nitrogens with two attached hydrogens (primary N) is 1. The van der Waals surface area contributed by atoms with Crippen LogP contribution in [0.1, 0.15) is 40.3 Å². The van der Waals surface area contributed by atoms with Gasteiger partial charge in [-0.05, 0) is 13.3 Å². The van der Waals surface area contributed by atoms with Crippen molar-refractivity contribution in [3.05, 3.63) is 10.4 Å². The first-order valence-corrected chi connectivity index (χ1v) is 6.90. The van der Waals surface area contributed by atoms with Gasteiger partial charge in [-0.15, -0.1) is 11.3 Å². The van der Waals surface area contributed by atoms with Crippen molar-refractivity contribution in [3.63, 3.8) is 0 Å². The molecule has 0 aliphatic carbocycles. The highest BCUT2D eigenvalue weighted by Gasteiger charge is 2.25. The highest BCUT2D eigenvalue weighted by molar-refractivity contribution is 7.19. The van der Waals surface area contributed by atoms with Crippen LogP contribution in [0.3, 0.4) is 0 Å². The summed E-state index contributed by atoms with van der Waals surface area (Å²) in [6.07, 6.45) is 0.903. The van der Waals surface area contributed by atoms with E-state index in [0.29, 0.717) is 15.4 Å². The Bertz CT molecular complexity index is 484. The van der Waals surface area contributed by atoms with Crippen LogP contribution in [0.5, 0.6) is 0 Å². The molecule has 0 saturated heterocycles. The third-order valence-electron chi connectivity index (χ3n) is 2.82. The van der Waals surface area contributed by atoms with Crippen LogP contribution < -0.4 is 21.7 Å². The van der Waals surface area contributed by atoms with Gasteiger partial charge >= 0.3 is 0 Å². The molecule has 1 aromatic heterocycles. The molecule has 1 aromatic rings. The molecule has 0 aromatic carbocycles. The summed E-state index contributed by atoms with van der Waals surface area (Å²) in [4.78, 5) is 24.0. The first kappa shape index (κ1) is 15.3. The number of carbonyl (C=O) groups excluding carboxylic acids is 2. The Morgan fingerprint density at radius 1 is 1.26 bits per heavy atom. The smallest absolute Gasteiger partial charge is 0.263 e. The van der Waals surface area contributed by atoms with Crippen LogP contribution in [-0.2, 0) is 0 Å². The fourth-order valence-electron chi connectivity index (χ4n) is 1.50. The molecular weight excluding hydrogens is 264 g/mol. The van der Waals surface area contributed by atoms with E-state index in [1.54, 1.807) is 0 Å². The van der Waals surface area contributed by atoms with Crippen molar-refractivity contribution in [2.75, 3.05) is 25.1 Å². The van der Waals surface area contributed by atoms with Gasteiger partial charge in [-0.2, -0.15) is 0 Å². The monoisotopic (exact) mass is 284 g/mol. The maximum Gasteiger partial charge on any atom is 0.263 e. The molecule has 106 valence electrons. The van der Waals surface area contributed by atoms with Gasteiger partial charge in [-0.1, -0.05) is 6.92 Å². The van der Waals surface area contributed by atoms with Crippen LogP contribution in [0.15, 0.2) is 0 Å². The van der Waals surface area contributed by atoms with E-state index in [2.05, 4.69) is 16.0 Å². The van der Waals surface area contributed by atoms with Crippen molar-refractivity contribution >= 4 is 33.8 Å². The highest BCUT2D eigenvalue weighted by Crippen LogP contribution is 2.36. The number of hydrogen-bond acceptors (Lipinski definition) is 5. The van der Waals surface area contributed by atoms with Crippen molar-refractivity contribution in [1.29, 1.82) is 0 Å². The Kier molecular flexibility index (Phi) is 5.17. The normalized spacial score (nSPS) is 11.8. The lowest BCUT2D eigenvalue weighted by Crippen LogP contribution is -2.22. The van der Waals surface area contributed by atoms with E-state index in [0.717, 1.165) is 6.42 Å². The van der Waals surface area contributed by atoms with E-state index in [-0.39, 0.29) is 23.5 Å². The van der Waals surface area contributed by atoms with Crippen molar-refractivity contribution in [2.24, 2.45) is 0 Å². The zero-order valence-electron chi connectivity index (χ0n) is 11.6. The summed E-state index contributed by atoms with van der Waals surface area (Å²) in [6, 6.07) is 0.194. The quantitative estimate of drug-likeness (QED) is 0.654. The second kappa shape index (κ2) is 6.42. The number of amides is 2. The third kappa shape index (κ3) is 3.17. The number of nitrogens with one attached hydrogen (secondary N) is 3. The number of anilines is 2. The molecule has 0 fully saturated rings. The Morgan fingerprint density at radius 3 is 2.32 bits per heavy atom. The standard InChI is InChI=1S/C12H20N4O2S/c1-5-6(2)16-12-7(10(17)14-3)8(13)9(19-12)11(18)15-4/h6,16H,5,13H2,1-4H3,(H,14,17)(H,15,18). The number of hydrogen-bond donors (Lipinski definition) is 4. The maximum atomic E-state index is 11.9. The van der Waals surface area contributed by atoms with E-state index < -0.39 is 0 Å². The number of carbonyl (C=O) groups is 2. The van der Waals surface area contributed by atoms with Crippen LogP contribution in [-0.4, -0.2) is 32.0 Å². The molecule has 0 saturated carbocycles. The van der Waals surface area contributed by atoms with Gasteiger partial charge in [-0.25, -0.2) is 0 Å². The van der Waals surface area contributed by atoms with E-state index in [1.807, 2.05) is 13.8 Å². The third-order valence-corrected chi connectivity index (χ3v) is 3.96.